The first-order valence-electron chi connectivity index (χ1n) is 10.6. The number of rotatable bonds is 15. The van der Waals surface area contributed by atoms with Crippen LogP contribution >= 0.6 is 0 Å². The Kier molecular flexibility index (Phi) is 13.2. The van der Waals surface area contributed by atoms with Crippen LogP contribution in [0.3, 0.4) is 0 Å². The third kappa shape index (κ3) is 12.7. The molecule has 0 amide bonds. The zero-order valence-corrected chi connectivity index (χ0v) is 19.3. The highest BCUT2D eigenvalue weighted by molar-refractivity contribution is 6.74. The van der Waals surface area contributed by atoms with Crippen LogP contribution in [0.1, 0.15) is 98.3 Å². The van der Waals surface area contributed by atoms with Gasteiger partial charge in [-0.15, -0.1) is 0 Å². The Balaban J connectivity index is 4.05. The first-order valence-corrected chi connectivity index (χ1v) is 13.6. The molecular formula is C22H44O3Si. The molecule has 1 unspecified atom stereocenters. The van der Waals surface area contributed by atoms with E-state index in [-0.39, 0.29) is 17.6 Å². The molecule has 0 fully saturated rings. The quantitative estimate of drug-likeness (QED) is 0.183. The van der Waals surface area contributed by atoms with E-state index < -0.39 is 14.3 Å². The Bertz CT molecular complexity index is 397. The van der Waals surface area contributed by atoms with Crippen LogP contribution < -0.4 is 0 Å². The topological polar surface area (TPSA) is 46.5 Å². The van der Waals surface area contributed by atoms with Gasteiger partial charge in [-0.1, -0.05) is 72.0 Å². The second kappa shape index (κ2) is 13.5. The molecule has 154 valence electrons. The van der Waals surface area contributed by atoms with Gasteiger partial charge in [-0.05, 0) is 50.2 Å². The van der Waals surface area contributed by atoms with E-state index in [0.717, 1.165) is 25.7 Å². The molecule has 0 saturated carbocycles. The number of carboxylic acid groups (broad SMARTS) is 1. The van der Waals surface area contributed by atoms with Crippen molar-refractivity contribution in [1.29, 1.82) is 0 Å². The molecule has 0 rings (SSSR count). The minimum Gasteiger partial charge on any atom is -0.481 e. The summed E-state index contributed by atoms with van der Waals surface area (Å²) in [6.07, 6.45) is 16.5. The maximum absolute atomic E-state index is 11.2. The number of unbranched alkanes of at least 4 members (excludes halogenated alkanes) is 7. The lowest BCUT2D eigenvalue weighted by molar-refractivity contribution is -0.139. The summed E-state index contributed by atoms with van der Waals surface area (Å²) in [5, 5.41) is 9.30. The number of hydrogen-bond donors (Lipinski definition) is 1. The summed E-state index contributed by atoms with van der Waals surface area (Å²) in [5.41, 5.74) is 0. The average molecular weight is 385 g/mol. The van der Waals surface area contributed by atoms with Gasteiger partial charge in [0.25, 0.3) is 0 Å². The highest BCUT2D eigenvalue weighted by Crippen LogP contribution is 2.38. The monoisotopic (exact) mass is 384 g/mol. The number of allylic oxidation sites excluding steroid dienone is 2. The van der Waals surface area contributed by atoms with E-state index in [1.54, 1.807) is 0 Å². The third-order valence-electron chi connectivity index (χ3n) is 5.46. The Morgan fingerprint density at radius 3 is 2.00 bits per heavy atom. The zero-order chi connectivity index (χ0) is 20.1. The Labute approximate surface area is 163 Å². The second-order valence-electron chi connectivity index (χ2n) is 9.06. The summed E-state index contributed by atoms with van der Waals surface area (Å²) in [4.78, 5) is 11.2. The van der Waals surface area contributed by atoms with Gasteiger partial charge in [0.15, 0.2) is 8.32 Å². The molecular weight excluding hydrogens is 340 g/mol. The van der Waals surface area contributed by atoms with E-state index in [0.29, 0.717) is 0 Å². The molecule has 0 aromatic heterocycles. The van der Waals surface area contributed by atoms with Crippen molar-refractivity contribution in [1.82, 2.24) is 0 Å². The van der Waals surface area contributed by atoms with Crippen molar-refractivity contribution in [3.8, 4) is 0 Å². The van der Waals surface area contributed by atoms with Crippen molar-refractivity contribution in [3.05, 3.63) is 12.2 Å². The average Bonchev–Trinajstić information content (AvgIpc) is 2.50. The highest BCUT2D eigenvalue weighted by atomic mass is 28.4. The van der Waals surface area contributed by atoms with Crippen molar-refractivity contribution < 1.29 is 14.3 Å². The second-order valence-corrected chi connectivity index (χ2v) is 13.8. The lowest BCUT2D eigenvalue weighted by atomic mass is 10.1. The van der Waals surface area contributed by atoms with Gasteiger partial charge in [-0.25, -0.2) is 0 Å². The van der Waals surface area contributed by atoms with E-state index >= 15 is 0 Å². The number of carbonyl (C=O) groups is 1. The van der Waals surface area contributed by atoms with Gasteiger partial charge in [-0.3, -0.25) is 4.79 Å². The molecule has 0 aliphatic carbocycles. The van der Waals surface area contributed by atoms with Gasteiger partial charge in [0.05, 0.1) is 12.5 Å². The molecule has 1 N–H and O–H groups in total. The largest absolute Gasteiger partial charge is 0.481 e. The number of aliphatic carboxylic acids is 1. The molecule has 1 atom stereocenters. The molecule has 0 radical (unpaired) electrons. The van der Waals surface area contributed by atoms with Crippen LogP contribution in [0.25, 0.3) is 0 Å². The van der Waals surface area contributed by atoms with Gasteiger partial charge in [0.2, 0.25) is 0 Å². The molecule has 0 aliphatic heterocycles. The molecule has 0 aromatic rings. The van der Waals surface area contributed by atoms with E-state index in [1.165, 1.54) is 38.5 Å². The smallest absolute Gasteiger partial charge is 0.305 e. The van der Waals surface area contributed by atoms with E-state index in [2.05, 4.69) is 52.9 Å². The first kappa shape index (κ1) is 25.4. The Morgan fingerprint density at radius 2 is 1.54 bits per heavy atom. The van der Waals surface area contributed by atoms with Crippen molar-refractivity contribution in [3.63, 3.8) is 0 Å². The Morgan fingerprint density at radius 1 is 1.00 bits per heavy atom. The fourth-order valence-corrected chi connectivity index (χ4v) is 4.11. The molecule has 26 heavy (non-hydrogen) atoms. The highest BCUT2D eigenvalue weighted by Gasteiger charge is 2.39. The molecule has 0 aliphatic rings. The maximum atomic E-state index is 11.2. The molecule has 0 bridgehead atoms. The predicted molar refractivity (Wildman–Crippen MR) is 115 cm³/mol. The molecule has 0 aromatic carbocycles. The fourth-order valence-electron chi connectivity index (χ4n) is 2.73. The predicted octanol–water partition coefficient (Wildman–Crippen LogP) is 7.33. The molecule has 0 heterocycles. The van der Waals surface area contributed by atoms with E-state index in [9.17, 15) is 9.90 Å². The van der Waals surface area contributed by atoms with Crippen molar-refractivity contribution >= 4 is 14.3 Å². The van der Waals surface area contributed by atoms with Crippen LogP contribution in [-0.2, 0) is 9.22 Å². The van der Waals surface area contributed by atoms with Gasteiger partial charge >= 0.3 is 5.97 Å². The summed E-state index contributed by atoms with van der Waals surface area (Å²) < 4.78 is 6.35. The maximum Gasteiger partial charge on any atom is 0.305 e. The first-order chi connectivity index (χ1) is 12.1. The normalized spacial score (nSPS) is 14.1. The number of carboxylic acids is 1. The SMILES string of the molecule is CCCCCC/C=C/CCCCCC(CC(=O)O)O[Si](C)(C)C(C)(C)C. The van der Waals surface area contributed by atoms with Crippen LogP contribution in [-0.4, -0.2) is 25.5 Å². The van der Waals surface area contributed by atoms with Crippen LogP contribution in [0.4, 0.5) is 0 Å². The molecule has 0 spiro atoms. The van der Waals surface area contributed by atoms with Crippen LogP contribution in [0.2, 0.25) is 18.1 Å². The summed E-state index contributed by atoms with van der Waals surface area (Å²) in [6, 6.07) is 0. The minimum atomic E-state index is -1.91. The summed E-state index contributed by atoms with van der Waals surface area (Å²) in [6.45, 7) is 13.2. The lowest BCUT2D eigenvalue weighted by Gasteiger charge is -2.39. The van der Waals surface area contributed by atoms with Crippen LogP contribution in [0.5, 0.6) is 0 Å². The van der Waals surface area contributed by atoms with Crippen LogP contribution in [0.15, 0.2) is 12.2 Å². The van der Waals surface area contributed by atoms with Gasteiger partial charge in [0, 0.05) is 0 Å². The zero-order valence-electron chi connectivity index (χ0n) is 18.3. The number of hydrogen-bond acceptors (Lipinski definition) is 2. The van der Waals surface area contributed by atoms with Crippen molar-refractivity contribution in [2.45, 2.75) is 123 Å². The summed E-state index contributed by atoms with van der Waals surface area (Å²) in [5.74, 6) is -0.750. The molecule has 4 heteroatoms. The van der Waals surface area contributed by atoms with Crippen molar-refractivity contribution in [2.24, 2.45) is 0 Å². The van der Waals surface area contributed by atoms with Gasteiger partial charge < -0.3 is 9.53 Å². The fraction of sp³-hybridized carbons (Fsp3) is 0.864. The van der Waals surface area contributed by atoms with Gasteiger partial charge in [-0.2, -0.15) is 0 Å². The molecule has 3 nitrogen and oxygen atoms in total. The van der Waals surface area contributed by atoms with Crippen molar-refractivity contribution in [2.75, 3.05) is 0 Å². The minimum absolute atomic E-state index is 0.117. The van der Waals surface area contributed by atoms with E-state index in [1.807, 2.05) is 0 Å². The summed E-state index contributed by atoms with van der Waals surface area (Å²) in [7, 11) is -1.91. The van der Waals surface area contributed by atoms with Crippen LogP contribution in [0, 0.1) is 0 Å². The third-order valence-corrected chi connectivity index (χ3v) is 9.99. The standard InChI is InChI=1S/C22H44O3Si/c1-7-8-9-10-11-12-13-14-15-16-17-18-20(19-21(23)24)25-26(5,6)22(2,3)4/h12-13,20H,7-11,14-19H2,1-6H3,(H,23,24)/b13-12+. The molecule has 0 saturated heterocycles. The summed E-state index contributed by atoms with van der Waals surface area (Å²) >= 11 is 0. The van der Waals surface area contributed by atoms with Gasteiger partial charge in [0.1, 0.15) is 0 Å². The van der Waals surface area contributed by atoms with E-state index in [4.69, 9.17) is 4.43 Å². The lowest BCUT2D eigenvalue weighted by Crippen LogP contribution is -2.44. The Hall–Kier alpha value is -0.613.